The number of carboxylic acids is 1. The molecule has 1 saturated carbocycles. The zero-order valence-electron chi connectivity index (χ0n) is 17.5. The topological polar surface area (TPSA) is 140 Å². The van der Waals surface area contributed by atoms with Crippen LogP contribution in [-0.4, -0.2) is 51.0 Å². The molecular formula is C23H24O9. The maximum Gasteiger partial charge on any atom is 0.353 e. The first kappa shape index (κ1) is 20.8. The Morgan fingerprint density at radius 1 is 1.31 bits per heavy atom. The number of hydrogen-bond acceptors (Lipinski definition) is 8. The minimum atomic E-state index is -1.61. The second-order valence-electron chi connectivity index (χ2n) is 9.06. The van der Waals surface area contributed by atoms with Crippen molar-refractivity contribution in [2.24, 2.45) is 5.92 Å². The van der Waals surface area contributed by atoms with Gasteiger partial charge in [-0.1, -0.05) is 12.5 Å². The van der Waals surface area contributed by atoms with Crippen molar-refractivity contribution in [1.82, 2.24) is 0 Å². The van der Waals surface area contributed by atoms with E-state index >= 15 is 0 Å². The van der Waals surface area contributed by atoms with Gasteiger partial charge < -0.3 is 29.5 Å². The Morgan fingerprint density at radius 3 is 2.81 bits per heavy atom. The summed E-state index contributed by atoms with van der Waals surface area (Å²) in [5, 5.41) is 31.5. The molecule has 170 valence electrons. The van der Waals surface area contributed by atoms with E-state index in [2.05, 4.69) is 0 Å². The first-order valence-corrected chi connectivity index (χ1v) is 10.7. The number of benzene rings is 1. The average Bonchev–Trinajstić information content (AvgIpc) is 3.05. The zero-order chi connectivity index (χ0) is 22.8. The molecule has 9 nitrogen and oxygen atoms in total. The van der Waals surface area contributed by atoms with Crippen LogP contribution in [0.25, 0.3) is 0 Å². The van der Waals surface area contributed by atoms with Crippen LogP contribution in [0.15, 0.2) is 24.0 Å². The molecule has 32 heavy (non-hydrogen) atoms. The van der Waals surface area contributed by atoms with Gasteiger partial charge in [-0.3, -0.25) is 9.59 Å². The van der Waals surface area contributed by atoms with Crippen molar-refractivity contribution in [1.29, 1.82) is 0 Å². The smallest absolute Gasteiger partial charge is 0.353 e. The highest BCUT2D eigenvalue weighted by molar-refractivity contribution is 5.84. The number of phenolic OH excluding ortho intramolecular Hbond substituents is 1. The van der Waals surface area contributed by atoms with Crippen molar-refractivity contribution in [3.05, 3.63) is 35.1 Å². The first-order valence-electron chi connectivity index (χ1n) is 10.7. The standard InChI is InChI=1S/C23H24O9/c1-11(24)30-16(10-17(26)27)21(28)31-15-6-8-23(29)13-3-2-7-22(23)18-12(9-13)4-5-14(25)19(18)32-20(15)22/h4-6,13,16,20,25,29H,2-3,7-10H2,1H3,(H,26,27)/t13-,16+,20+,22+,23-/m1/s1. The summed E-state index contributed by atoms with van der Waals surface area (Å²) < 4.78 is 16.6. The molecule has 3 aliphatic carbocycles. The Kier molecular flexibility index (Phi) is 4.53. The molecule has 5 rings (SSSR count). The maximum absolute atomic E-state index is 12.8. The molecule has 9 heteroatoms. The first-order chi connectivity index (χ1) is 15.2. The van der Waals surface area contributed by atoms with Crippen molar-refractivity contribution in [2.45, 2.75) is 68.7 Å². The minimum absolute atomic E-state index is 0.000325. The lowest BCUT2D eigenvalue weighted by molar-refractivity contribution is -0.173. The predicted octanol–water partition coefficient (Wildman–Crippen LogP) is 1.72. The van der Waals surface area contributed by atoms with Crippen LogP contribution in [0.2, 0.25) is 0 Å². The molecule has 1 spiro atoms. The SMILES string of the molecule is CC(=O)O[C@@H](CC(=O)O)C(=O)OC1=CC[C@@]2(O)[C@@H]3CCC[C@@]24c2c(ccc(O)c2O[C@@H]14)C3. The summed E-state index contributed by atoms with van der Waals surface area (Å²) in [7, 11) is 0. The third kappa shape index (κ3) is 2.70. The Hall–Kier alpha value is -3.07. The molecule has 2 bridgehead atoms. The summed E-state index contributed by atoms with van der Waals surface area (Å²) in [6.07, 6.45) is 1.58. The quantitative estimate of drug-likeness (QED) is 0.579. The van der Waals surface area contributed by atoms with Crippen molar-refractivity contribution in [3.63, 3.8) is 0 Å². The lowest BCUT2D eigenvalue weighted by atomic mass is 9.47. The van der Waals surface area contributed by atoms with Gasteiger partial charge >= 0.3 is 17.9 Å². The molecule has 5 atom stereocenters. The van der Waals surface area contributed by atoms with E-state index in [9.17, 15) is 24.6 Å². The van der Waals surface area contributed by atoms with E-state index in [0.29, 0.717) is 12.8 Å². The normalized spacial score (nSPS) is 32.1. The van der Waals surface area contributed by atoms with E-state index in [4.69, 9.17) is 19.3 Å². The van der Waals surface area contributed by atoms with Crippen LogP contribution >= 0.6 is 0 Å². The van der Waals surface area contributed by atoms with Crippen LogP contribution in [0.1, 0.15) is 50.2 Å². The average molecular weight is 444 g/mol. The van der Waals surface area contributed by atoms with Crippen LogP contribution in [-0.2, 0) is 35.7 Å². The highest BCUT2D eigenvalue weighted by atomic mass is 16.6. The van der Waals surface area contributed by atoms with Gasteiger partial charge in [0.25, 0.3) is 0 Å². The number of phenols is 1. The number of aromatic hydroxyl groups is 1. The van der Waals surface area contributed by atoms with Crippen molar-refractivity contribution >= 4 is 17.9 Å². The molecule has 0 saturated heterocycles. The number of esters is 2. The van der Waals surface area contributed by atoms with Gasteiger partial charge in [0.2, 0.25) is 6.10 Å². The second-order valence-corrected chi connectivity index (χ2v) is 9.06. The van der Waals surface area contributed by atoms with Gasteiger partial charge in [-0.2, -0.15) is 0 Å². The molecule has 0 radical (unpaired) electrons. The van der Waals surface area contributed by atoms with Gasteiger partial charge in [-0.05, 0) is 49.3 Å². The van der Waals surface area contributed by atoms with E-state index < -0.39 is 47.6 Å². The van der Waals surface area contributed by atoms with Gasteiger partial charge in [0.1, 0.15) is 5.76 Å². The summed E-state index contributed by atoms with van der Waals surface area (Å²) >= 11 is 0. The molecule has 1 aliphatic heterocycles. The summed E-state index contributed by atoms with van der Waals surface area (Å²) in [5.74, 6) is -2.78. The second kappa shape index (κ2) is 6.96. The van der Waals surface area contributed by atoms with E-state index in [-0.39, 0.29) is 29.6 Å². The van der Waals surface area contributed by atoms with Gasteiger partial charge in [0.05, 0.1) is 17.4 Å². The molecule has 1 heterocycles. The Morgan fingerprint density at radius 2 is 2.09 bits per heavy atom. The molecular weight excluding hydrogens is 420 g/mol. The fourth-order valence-electron chi connectivity index (χ4n) is 6.25. The molecule has 1 aromatic rings. The predicted molar refractivity (Wildman–Crippen MR) is 107 cm³/mol. The van der Waals surface area contributed by atoms with Gasteiger partial charge in [-0.25, -0.2) is 4.79 Å². The lowest BCUT2D eigenvalue weighted by Gasteiger charge is -2.59. The van der Waals surface area contributed by atoms with E-state index in [0.717, 1.165) is 30.9 Å². The number of carbonyl (C=O) groups is 3. The number of hydrogen-bond donors (Lipinski definition) is 3. The van der Waals surface area contributed by atoms with Crippen LogP contribution in [0, 0.1) is 5.92 Å². The number of aliphatic hydroxyl groups is 1. The number of aliphatic carboxylic acids is 1. The highest BCUT2D eigenvalue weighted by Gasteiger charge is 2.70. The Balaban J connectivity index is 1.54. The minimum Gasteiger partial charge on any atom is -0.504 e. The van der Waals surface area contributed by atoms with Crippen LogP contribution in [0.5, 0.6) is 11.5 Å². The third-order valence-corrected chi connectivity index (χ3v) is 7.41. The molecule has 0 aromatic heterocycles. The monoisotopic (exact) mass is 444 g/mol. The molecule has 0 amide bonds. The van der Waals surface area contributed by atoms with E-state index in [1.807, 2.05) is 6.07 Å². The molecule has 1 aromatic carbocycles. The summed E-state index contributed by atoms with van der Waals surface area (Å²) in [6, 6.07) is 3.42. The summed E-state index contributed by atoms with van der Waals surface area (Å²) in [4.78, 5) is 35.2. The van der Waals surface area contributed by atoms with Crippen LogP contribution in [0.4, 0.5) is 0 Å². The van der Waals surface area contributed by atoms with Gasteiger partial charge in [0.15, 0.2) is 17.6 Å². The zero-order valence-corrected chi connectivity index (χ0v) is 17.5. The Bertz CT molecular complexity index is 1040. The van der Waals surface area contributed by atoms with Crippen molar-refractivity contribution in [3.8, 4) is 11.5 Å². The van der Waals surface area contributed by atoms with E-state index in [1.165, 1.54) is 0 Å². The highest BCUT2D eigenvalue weighted by Crippen LogP contribution is 2.67. The summed E-state index contributed by atoms with van der Waals surface area (Å²) in [6.45, 7) is 1.08. The largest absolute Gasteiger partial charge is 0.504 e. The van der Waals surface area contributed by atoms with Crippen molar-refractivity contribution in [2.75, 3.05) is 0 Å². The van der Waals surface area contributed by atoms with Crippen LogP contribution < -0.4 is 4.74 Å². The molecule has 0 unspecified atom stereocenters. The van der Waals surface area contributed by atoms with E-state index in [1.54, 1.807) is 12.1 Å². The van der Waals surface area contributed by atoms with Crippen molar-refractivity contribution < 1.29 is 43.9 Å². The molecule has 3 N–H and O–H groups in total. The Labute approximate surface area is 183 Å². The lowest BCUT2D eigenvalue weighted by Crippen LogP contribution is -2.67. The molecule has 4 aliphatic rings. The maximum atomic E-state index is 12.8. The number of carbonyl (C=O) groups excluding carboxylic acids is 2. The fraction of sp³-hybridized carbons (Fsp3) is 0.522. The number of rotatable bonds is 5. The number of carboxylic acid groups (broad SMARTS) is 1. The number of ether oxygens (including phenoxy) is 3. The van der Waals surface area contributed by atoms with Gasteiger partial charge in [0, 0.05) is 12.5 Å². The third-order valence-electron chi connectivity index (χ3n) is 7.41. The summed E-state index contributed by atoms with van der Waals surface area (Å²) in [5.41, 5.74) is -0.226. The van der Waals surface area contributed by atoms with Crippen LogP contribution in [0.3, 0.4) is 0 Å². The van der Waals surface area contributed by atoms with Gasteiger partial charge in [-0.15, -0.1) is 0 Å². The molecule has 1 fully saturated rings. The fourth-order valence-corrected chi connectivity index (χ4v) is 6.25.